The zero-order chi connectivity index (χ0) is 13.1. The van der Waals surface area contributed by atoms with Crippen molar-refractivity contribution in [1.82, 2.24) is 0 Å². The summed E-state index contributed by atoms with van der Waals surface area (Å²) in [6.07, 6.45) is 5.14. The molecule has 0 spiro atoms. The molecule has 1 aliphatic rings. The summed E-state index contributed by atoms with van der Waals surface area (Å²) >= 11 is 0. The average Bonchev–Trinajstić information content (AvgIpc) is 2.41. The molecule has 2 atom stereocenters. The summed E-state index contributed by atoms with van der Waals surface area (Å²) in [7, 11) is 0. The van der Waals surface area contributed by atoms with E-state index in [2.05, 4.69) is 0 Å². The van der Waals surface area contributed by atoms with Crippen LogP contribution >= 0.6 is 0 Å². The number of nitrogens with two attached hydrogens (primary N) is 1. The van der Waals surface area contributed by atoms with E-state index in [1.165, 1.54) is 19.3 Å². The maximum absolute atomic E-state index is 10.4. The molecule has 3 nitrogen and oxygen atoms in total. The minimum absolute atomic E-state index is 0.222. The molecule has 0 amide bonds. The maximum Gasteiger partial charge on any atom is 0.123 e. The van der Waals surface area contributed by atoms with Crippen molar-refractivity contribution >= 4 is 0 Å². The standard InChI is InChI=1S/C15H23NO2/c1-10-6-5-9-12(14(10)17)13(16)15(18)11-7-3-2-4-8-11/h5-6,9,11,13,15,17-18H,2-4,7-8,16H2,1H3/t13-,15+/m1/s1. The van der Waals surface area contributed by atoms with Gasteiger partial charge in [-0.2, -0.15) is 0 Å². The Hall–Kier alpha value is -1.06. The van der Waals surface area contributed by atoms with Crippen LogP contribution in [0.25, 0.3) is 0 Å². The van der Waals surface area contributed by atoms with Crippen molar-refractivity contribution in [3.63, 3.8) is 0 Å². The van der Waals surface area contributed by atoms with E-state index in [0.717, 1.165) is 18.4 Å². The van der Waals surface area contributed by atoms with Crippen molar-refractivity contribution in [3.8, 4) is 5.75 Å². The van der Waals surface area contributed by atoms with Crippen LogP contribution in [0.5, 0.6) is 5.75 Å². The third-order valence-corrected chi connectivity index (χ3v) is 4.13. The first-order valence-corrected chi connectivity index (χ1v) is 6.83. The topological polar surface area (TPSA) is 66.5 Å². The largest absolute Gasteiger partial charge is 0.507 e. The minimum Gasteiger partial charge on any atom is -0.507 e. The molecule has 0 bridgehead atoms. The smallest absolute Gasteiger partial charge is 0.123 e. The zero-order valence-corrected chi connectivity index (χ0v) is 11.0. The summed E-state index contributed by atoms with van der Waals surface area (Å²) in [6, 6.07) is 5.03. The fourth-order valence-electron chi connectivity index (χ4n) is 2.90. The zero-order valence-electron chi connectivity index (χ0n) is 11.0. The quantitative estimate of drug-likeness (QED) is 0.771. The van der Waals surface area contributed by atoms with E-state index in [1.54, 1.807) is 6.07 Å². The summed E-state index contributed by atoms with van der Waals surface area (Å²) < 4.78 is 0. The molecule has 18 heavy (non-hydrogen) atoms. The number of aromatic hydroxyl groups is 1. The highest BCUT2D eigenvalue weighted by atomic mass is 16.3. The summed E-state index contributed by atoms with van der Waals surface area (Å²) in [4.78, 5) is 0. The second-order valence-corrected chi connectivity index (χ2v) is 5.43. The molecule has 1 aliphatic carbocycles. The molecule has 0 unspecified atom stereocenters. The monoisotopic (exact) mass is 249 g/mol. The summed E-state index contributed by atoms with van der Waals surface area (Å²) in [5, 5.41) is 20.4. The van der Waals surface area contributed by atoms with Gasteiger partial charge in [-0.3, -0.25) is 0 Å². The average molecular weight is 249 g/mol. The van der Waals surface area contributed by atoms with Crippen LogP contribution < -0.4 is 5.73 Å². The first kappa shape index (κ1) is 13.4. The van der Waals surface area contributed by atoms with E-state index in [1.807, 2.05) is 19.1 Å². The number of para-hydroxylation sites is 1. The molecule has 1 aromatic carbocycles. The Morgan fingerprint density at radius 3 is 2.56 bits per heavy atom. The van der Waals surface area contributed by atoms with Gasteiger partial charge in [0.15, 0.2) is 0 Å². The SMILES string of the molecule is Cc1cccc([C@@H](N)[C@@H](O)C2CCCCC2)c1O. The Kier molecular flexibility index (Phi) is 4.25. The molecule has 0 heterocycles. The van der Waals surface area contributed by atoms with E-state index >= 15 is 0 Å². The van der Waals surface area contributed by atoms with Crippen LogP contribution in [0.1, 0.15) is 49.3 Å². The number of rotatable bonds is 3. The second-order valence-electron chi connectivity index (χ2n) is 5.43. The van der Waals surface area contributed by atoms with Crippen molar-refractivity contribution in [2.45, 2.75) is 51.2 Å². The highest BCUT2D eigenvalue weighted by Gasteiger charge is 2.29. The van der Waals surface area contributed by atoms with Crippen molar-refractivity contribution in [2.24, 2.45) is 11.7 Å². The molecule has 3 heteroatoms. The van der Waals surface area contributed by atoms with Gasteiger partial charge in [0, 0.05) is 5.56 Å². The highest BCUT2D eigenvalue weighted by molar-refractivity contribution is 5.41. The molecule has 1 aromatic rings. The van der Waals surface area contributed by atoms with Gasteiger partial charge in [0.1, 0.15) is 5.75 Å². The lowest BCUT2D eigenvalue weighted by molar-refractivity contribution is 0.0611. The van der Waals surface area contributed by atoms with Crippen molar-refractivity contribution in [2.75, 3.05) is 0 Å². The van der Waals surface area contributed by atoms with Crippen LogP contribution in [0.15, 0.2) is 18.2 Å². The fraction of sp³-hybridized carbons (Fsp3) is 0.600. The molecule has 0 radical (unpaired) electrons. The van der Waals surface area contributed by atoms with Gasteiger partial charge in [0.2, 0.25) is 0 Å². The molecule has 100 valence electrons. The van der Waals surface area contributed by atoms with Crippen LogP contribution in [0.2, 0.25) is 0 Å². The number of phenols is 1. The summed E-state index contributed by atoms with van der Waals surface area (Å²) in [5.74, 6) is 0.494. The first-order chi connectivity index (χ1) is 8.61. The Bertz CT molecular complexity index is 399. The Labute approximate surface area is 109 Å². The summed E-state index contributed by atoms with van der Waals surface area (Å²) in [5.41, 5.74) is 7.59. The maximum atomic E-state index is 10.4. The second kappa shape index (κ2) is 5.72. The predicted molar refractivity (Wildman–Crippen MR) is 72.4 cm³/mol. The molecular formula is C15H23NO2. The Morgan fingerprint density at radius 2 is 1.89 bits per heavy atom. The number of hydrogen-bond donors (Lipinski definition) is 3. The van der Waals surface area contributed by atoms with E-state index in [-0.39, 0.29) is 11.7 Å². The van der Waals surface area contributed by atoms with Gasteiger partial charge in [0.05, 0.1) is 12.1 Å². The lowest BCUT2D eigenvalue weighted by Crippen LogP contribution is -2.34. The number of aliphatic hydroxyl groups excluding tert-OH is 1. The van der Waals surface area contributed by atoms with Gasteiger partial charge < -0.3 is 15.9 Å². The molecule has 0 aromatic heterocycles. The number of hydrogen-bond acceptors (Lipinski definition) is 3. The van der Waals surface area contributed by atoms with Crippen LogP contribution in [0.3, 0.4) is 0 Å². The molecule has 1 saturated carbocycles. The Balaban J connectivity index is 2.14. The number of benzene rings is 1. The lowest BCUT2D eigenvalue weighted by Gasteiger charge is -2.31. The van der Waals surface area contributed by atoms with Crippen molar-refractivity contribution in [1.29, 1.82) is 0 Å². The molecule has 1 fully saturated rings. The normalized spacial score (nSPS) is 20.6. The van der Waals surface area contributed by atoms with E-state index in [9.17, 15) is 10.2 Å². The number of aliphatic hydroxyl groups is 1. The molecule has 4 N–H and O–H groups in total. The third-order valence-electron chi connectivity index (χ3n) is 4.13. The molecule has 0 aliphatic heterocycles. The van der Waals surface area contributed by atoms with E-state index in [4.69, 9.17) is 5.73 Å². The third kappa shape index (κ3) is 2.68. The molecular weight excluding hydrogens is 226 g/mol. The molecule has 2 rings (SSSR count). The fourth-order valence-corrected chi connectivity index (χ4v) is 2.90. The minimum atomic E-state index is -0.557. The van der Waals surface area contributed by atoms with E-state index in [0.29, 0.717) is 5.56 Å². The summed E-state index contributed by atoms with van der Waals surface area (Å²) in [6.45, 7) is 1.85. The van der Waals surface area contributed by atoms with Crippen LogP contribution in [-0.4, -0.2) is 16.3 Å². The predicted octanol–water partition coefficient (Wildman–Crippen LogP) is 2.64. The van der Waals surface area contributed by atoms with Gasteiger partial charge in [0.25, 0.3) is 0 Å². The number of phenolic OH excluding ortho intramolecular Hbond substituents is 1. The van der Waals surface area contributed by atoms with Crippen molar-refractivity contribution < 1.29 is 10.2 Å². The Morgan fingerprint density at radius 1 is 1.22 bits per heavy atom. The van der Waals surface area contributed by atoms with Gasteiger partial charge >= 0.3 is 0 Å². The van der Waals surface area contributed by atoms with Crippen LogP contribution in [0, 0.1) is 12.8 Å². The van der Waals surface area contributed by atoms with Crippen LogP contribution in [-0.2, 0) is 0 Å². The van der Waals surface area contributed by atoms with E-state index < -0.39 is 12.1 Å². The molecule has 0 saturated heterocycles. The van der Waals surface area contributed by atoms with Gasteiger partial charge in [-0.25, -0.2) is 0 Å². The van der Waals surface area contributed by atoms with Gasteiger partial charge in [-0.1, -0.05) is 37.5 Å². The van der Waals surface area contributed by atoms with Gasteiger partial charge in [-0.05, 0) is 31.2 Å². The first-order valence-electron chi connectivity index (χ1n) is 6.83. The lowest BCUT2D eigenvalue weighted by atomic mass is 9.81. The van der Waals surface area contributed by atoms with Gasteiger partial charge in [-0.15, -0.1) is 0 Å². The van der Waals surface area contributed by atoms with Crippen LogP contribution in [0.4, 0.5) is 0 Å². The van der Waals surface area contributed by atoms with Crippen molar-refractivity contribution in [3.05, 3.63) is 29.3 Å². The highest BCUT2D eigenvalue weighted by Crippen LogP contribution is 2.34. The number of aryl methyl sites for hydroxylation is 1.